The molecule has 0 saturated carbocycles. The molecule has 0 saturated heterocycles. The van der Waals surface area contributed by atoms with Gasteiger partial charge in [-0.1, -0.05) is 61.6 Å². The first kappa shape index (κ1) is 13.4. The van der Waals surface area contributed by atoms with Crippen molar-refractivity contribution in [1.29, 1.82) is 0 Å². The molecule has 3 rings (SSSR count). The maximum absolute atomic E-state index is 2.35. The lowest BCUT2D eigenvalue weighted by atomic mass is 9.87. The molecular formula is C19H21S+. The number of fused-ring (bicyclic) bond motifs is 1. The molecule has 0 radical (unpaired) electrons. The van der Waals surface area contributed by atoms with Gasteiger partial charge in [-0.3, -0.25) is 0 Å². The summed E-state index contributed by atoms with van der Waals surface area (Å²) in [6.45, 7) is 6.79. The molecule has 1 heterocycles. The molecule has 1 unspecified atom stereocenters. The lowest BCUT2D eigenvalue weighted by Crippen LogP contribution is -2.11. The third kappa shape index (κ3) is 2.51. The molecule has 2 aromatic carbocycles. The Morgan fingerprint density at radius 1 is 0.850 bits per heavy atom. The fraction of sp³-hybridized carbons (Fsp3) is 0.211. The van der Waals surface area contributed by atoms with Crippen LogP contribution in [-0.4, -0.2) is 5.37 Å². The van der Waals surface area contributed by atoms with Gasteiger partial charge in [0.2, 0.25) is 0 Å². The fourth-order valence-corrected chi connectivity index (χ4v) is 4.52. The van der Waals surface area contributed by atoms with Gasteiger partial charge in [0.1, 0.15) is 9.79 Å². The van der Waals surface area contributed by atoms with Crippen LogP contribution in [0.4, 0.5) is 0 Å². The third-order valence-corrected chi connectivity index (χ3v) is 5.97. The predicted molar refractivity (Wildman–Crippen MR) is 92.0 cm³/mol. The number of thiol groups is 1. The number of rotatable bonds is 1. The van der Waals surface area contributed by atoms with Crippen LogP contribution in [0.2, 0.25) is 0 Å². The summed E-state index contributed by atoms with van der Waals surface area (Å²) in [6, 6.07) is 17.9. The van der Waals surface area contributed by atoms with Crippen LogP contribution in [-0.2, 0) is 15.9 Å². The van der Waals surface area contributed by atoms with E-state index in [0.29, 0.717) is 0 Å². The summed E-state index contributed by atoms with van der Waals surface area (Å²) in [6.07, 6.45) is 4.41. The summed E-state index contributed by atoms with van der Waals surface area (Å²) >= 11 is 0. The Morgan fingerprint density at radius 2 is 1.55 bits per heavy atom. The van der Waals surface area contributed by atoms with Crippen molar-refractivity contribution in [2.75, 3.05) is 0 Å². The zero-order valence-corrected chi connectivity index (χ0v) is 13.2. The van der Waals surface area contributed by atoms with Gasteiger partial charge in [-0.25, -0.2) is 0 Å². The Morgan fingerprint density at radius 3 is 2.25 bits per heavy atom. The second-order valence-electron chi connectivity index (χ2n) is 6.23. The monoisotopic (exact) mass is 281 g/mol. The van der Waals surface area contributed by atoms with E-state index >= 15 is 0 Å². The minimum atomic E-state index is -0.343. The maximum Gasteiger partial charge on any atom is 0.129 e. The first-order valence-electron chi connectivity index (χ1n) is 7.06. The second-order valence-corrected chi connectivity index (χ2v) is 8.27. The van der Waals surface area contributed by atoms with Crippen LogP contribution in [0, 0.1) is 0 Å². The van der Waals surface area contributed by atoms with Crippen LogP contribution < -0.4 is 0 Å². The lowest BCUT2D eigenvalue weighted by molar-refractivity contribution is 0.590. The number of hydrogen-bond donors (Lipinski definition) is 0. The van der Waals surface area contributed by atoms with E-state index in [1.165, 1.54) is 20.9 Å². The van der Waals surface area contributed by atoms with Gasteiger partial charge in [-0.05, 0) is 41.3 Å². The molecule has 1 aliphatic heterocycles. The molecule has 1 aliphatic rings. The Balaban J connectivity index is 2.03. The van der Waals surface area contributed by atoms with Gasteiger partial charge >= 0.3 is 0 Å². The van der Waals surface area contributed by atoms with Gasteiger partial charge in [0, 0.05) is 5.56 Å². The minimum Gasteiger partial charge on any atom is -0.0715 e. The van der Waals surface area contributed by atoms with Crippen molar-refractivity contribution >= 4 is 21.9 Å². The number of hydrogen-bond acceptors (Lipinski definition) is 0. The lowest BCUT2D eigenvalue weighted by Gasteiger charge is -2.19. The van der Waals surface area contributed by atoms with Gasteiger partial charge in [0.15, 0.2) is 0 Å². The highest BCUT2D eigenvalue weighted by molar-refractivity contribution is 7.95. The van der Waals surface area contributed by atoms with Gasteiger partial charge in [0.25, 0.3) is 0 Å². The summed E-state index contributed by atoms with van der Waals surface area (Å²) < 4.78 is 0. The summed E-state index contributed by atoms with van der Waals surface area (Å²) in [5.74, 6) is 0. The molecule has 0 aromatic heterocycles. The van der Waals surface area contributed by atoms with Crippen LogP contribution in [0.3, 0.4) is 0 Å². The molecule has 0 aliphatic carbocycles. The van der Waals surface area contributed by atoms with Crippen molar-refractivity contribution in [2.24, 2.45) is 0 Å². The molecule has 0 bridgehead atoms. The maximum atomic E-state index is 2.35. The standard InChI is InChI=1S/C19H20S/c1-19(2,3)16-10-12-17(13-11-16)20-14-6-8-15-7-4-5-9-18(15)20/h4-14H,1-3H3/p+1. The van der Waals surface area contributed by atoms with Crippen LogP contribution >= 0.6 is 0 Å². The average molecular weight is 281 g/mol. The molecule has 102 valence electrons. The molecule has 0 N–H and O–H groups in total. The largest absolute Gasteiger partial charge is 0.129 e. The average Bonchev–Trinajstić information content (AvgIpc) is 2.46. The minimum absolute atomic E-state index is 0.222. The van der Waals surface area contributed by atoms with Crippen molar-refractivity contribution in [3.8, 4) is 0 Å². The van der Waals surface area contributed by atoms with Crippen LogP contribution in [0.25, 0.3) is 6.08 Å². The molecule has 0 spiro atoms. The topological polar surface area (TPSA) is 0 Å². The normalized spacial score (nSPS) is 17.4. The third-order valence-electron chi connectivity index (χ3n) is 3.72. The molecule has 0 amide bonds. The van der Waals surface area contributed by atoms with Crippen molar-refractivity contribution in [2.45, 2.75) is 36.0 Å². The fourth-order valence-electron chi connectivity index (χ4n) is 2.51. The van der Waals surface area contributed by atoms with Crippen molar-refractivity contribution < 1.29 is 0 Å². The zero-order valence-electron chi connectivity index (χ0n) is 12.3. The van der Waals surface area contributed by atoms with E-state index in [1.807, 2.05) is 0 Å². The van der Waals surface area contributed by atoms with E-state index in [0.717, 1.165) is 0 Å². The van der Waals surface area contributed by atoms with Gasteiger partial charge in [0.05, 0.1) is 5.37 Å². The number of benzene rings is 2. The Bertz CT molecular complexity index is 682. The Hall–Kier alpha value is -1.60. The van der Waals surface area contributed by atoms with Crippen molar-refractivity contribution in [3.63, 3.8) is 0 Å². The molecular weight excluding hydrogens is 260 g/mol. The molecule has 20 heavy (non-hydrogen) atoms. The van der Waals surface area contributed by atoms with Gasteiger partial charge < -0.3 is 0 Å². The van der Waals surface area contributed by atoms with Crippen LogP contribution in [0.5, 0.6) is 0 Å². The van der Waals surface area contributed by atoms with Gasteiger partial charge in [-0.2, -0.15) is 0 Å². The molecule has 2 aromatic rings. The van der Waals surface area contributed by atoms with Crippen LogP contribution in [0.15, 0.2) is 64.4 Å². The first-order valence-corrected chi connectivity index (χ1v) is 8.47. The number of allylic oxidation sites excluding steroid dienone is 1. The molecule has 0 nitrogen and oxygen atoms in total. The quantitative estimate of drug-likeness (QED) is 0.408. The van der Waals surface area contributed by atoms with Crippen molar-refractivity contribution in [3.05, 3.63) is 65.7 Å². The van der Waals surface area contributed by atoms with Crippen molar-refractivity contribution in [1.82, 2.24) is 0 Å². The highest BCUT2D eigenvalue weighted by Gasteiger charge is 2.18. The first-order chi connectivity index (χ1) is 9.55. The summed E-state index contributed by atoms with van der Waals surface area (Å²) in [4.78, 5) is 2.90. The van der Waals surface area contributed by atoms with E-state index in [2.05, 4.69) is 86.8 Å². The smallest absolute Gasteiger partial charge is 0.0715 e. The zero-order chi connectivity index (χ0) is 14.2. The van der Waals surface area contributed by atoms with E-state index in [1.54, 1.807) is 0 Å². The summed E-state index contributed by atoms with van der Waals surface area (Å²) in [5.41, 5.74) is 2.98. The van der Waals surface area contributed by atoms with Crippen LogP contribution in [0.1, 0.15) is 31.9 Å². The Labute approximate surface area is 124 Å². The van der Waals surface area contributed by atoms with E-state index in [4.69, 9.17) is 0 Å². The SMILES string of the molecule is CC(C)(C)c1ccc([SH+]2=CC=Cc3ccccc32)cc1. The second kappa shape index (κ2) is 5.06. The predicted octanol–water partition coefficient (Wildman–Crippen LogP) is 4.58. The van der Waals surface area contributed by atoms with E-state index < -0.39 is 0 Å². The highest BCUT2D eigenvalue weighted by Crippen LogP contribution is 2.27. The Kier molecular flexibility index (Phi) is 3.39. The molecule has 0 fully saturated rings. The van der Waals surface area contributed by atoms with E-state index in [9.17, 15) is 0 Å². The summed E-state index contributed by atoms with van der Waals surface area (Å²) in [5, 5.41) is 2.35. The summed E-state index contributed by atoms with van der Waals surface area (Å²) in [7, 11) is -0.343. The molecule has 1 atom stereocenters. The van der Waals surface area contributed by atoms with Gasteiger partial charge in [-0.15, -0.1) is 0 Å². The molecule has 1 heteroatoms. The highest BCUT2D eigenvalue weighted by atomic mass is 32.2. The van der Waals surface area contributed by atoms with E-state index in [-0.39, 0.29) is 15.9 Å².